The van der Waals surface area contributed by atoms with E-state index in [0.717, 1.165) is 32.3 Å². The van der Waals surface area contributed by atoms with E-state index >= 15 is 0 Å². The van der Waals surface area contributed by atoms with Crippen LogP contribution in [0.5, 0.6) is 0 Å². The van der Waals surface area contributed by atoms with Crippen molar-refractivity contribution in [3.63, 3.8) is 0 Å². The maximum Gasteiger partial charge on any atom is 0.303 e. The van der Waals surface area contributed by atoms with Crippen LogP contribution in [0.15, 0.2) is 42.5 Å². The molecule has 2 aliphatic heterocycles. The molecular formula is C24H34O4. The fraction of sp³-hybridized carbons (Fsp3) is 0.625. The lowest BCUT2D eigenvalue weighted by Crippen LogP contribution is -2.26. The highest BCUT2D eigenvalue weighted by atomic mass is 16.5. The van der Waals surface area contributed by atoms with Gasteiger partial charge in [-0.25, -0.2) is 0 Å². The zero-order valence-corrected chi connectivity index (χ0v) is 16.8. The topological polar surface area (TPSA) is 55.8 Å². The molecular weight excluding hydrogens is 352 g/mol. The number of aliphatic carboxylic acids is 1. The van der Waals surface area contributed by atoms with Crippen molar-refractivity contribution in [3.05, 3.63) is 48.0 Å². The molecule has 4 nitrogen and oxygen atoms in total. The summed E-state index contributed by atoms with van der Waals surface area (Å²) in [7, 11) is 0. The molecule has 1 aromatic carbocycles. The van der Waals surface area contributed by atoms with E-state index in [0.29, 0.717) is 30.7 Å². The van der Waals surface area contributed by atoms with Gasteiger partial charge in [0.15, 0.2) is 0 Å². The van der Waals surface area contributed by atoms with Gasteiger partial charge < -0.3 is 14.6 Å². The van der Waals surface area contributed by atoms with E-state index in [9.17, 15) is 4.79 Å². The predicted octanol–water partition coefficient (Wildman–Crippen LogP) is 5.37. The Bertz CT molecular complexity index is 612. The Labute approximate surface area is 168 Å². The standard InChI is InChI=1S/C24H34O4/c25-24(26)14-7-2-1-6-12-20-21(23-16-15-22(20)28-23)13-8-9-17-27-18-19-10-4-3-5-11-19/h1,3-6,10-11,20-23H,2,7-9,12-18H2,(H,25,26)/t20-,21+,22-,23+/m1/s1. The third-order valence-corrected chi connectivity index (χ3v) is 6.11. The van der Waals surface area contributed by atoms with Gasteiger partial charge in [-0.05, 0) is 62.3 Å². The van der Waals surface area contributed by atoms with E-state index in [1.54, 1.807) is 0 Å². The molecule has 0 unspecified atom stereocenters. The van der Waals surface area contributed by atoms with Crippen molar-refractivity contribution in [3.8, 4) is 0 Å². The molecule has 2 aliphatic rings. The zero-order valence-electron chi connectivity index (χ0n) is 16.8. The molecule has 4 heteroatoms. The molecule has 1 N–H and O–H groups in total. The number of carbonyl (C=O) groups is 1. The molecule has 2 heterocycles. The summed E-state index contributed by atoms with van der Waals surface area (Å²) in [5, 5.41) is 8.69. The second-order valence-electron chi connectivity index (χ2n) is 8.15. The second-order valence-corrected chi connectivity index (χ2v) is 8.15. The van der Waals surface area contributed by atoms with Gasteiger partial charge in [0.05, 0.1) is 18.8 Å². The molecule has 3 rings (SSSR count). The van der Waals surface area contributed by atoms with Crippen LogP contribution in [0.2, 0.25) is 0 Å². The molecule has 1 aromatic rings. The van der Waals surface area contributed by atoms with Gasteiger partial charge in [-0.1, -0.05) is 48.9 Å². The predicted molar refractivity (Wildman–Crippen MR) is 110 cm³/mol. The number of hydrogen-bond acceptors (Lipinski definition) is 3. The third-order valence-electron chi connectivity index (χ3n) is 6.11. The van der Waals surface area contributed by atoms with Crippen molar-refractivity contribution in [2.24, 2.45) is 11.8 Å². The van der Waals surface area contributed by atoms with Gasteiger partial charge in [0.1, 0.15) is 0 Å². The summed E-state index contributed by atoms with van der Waals surface area (Å²) >= 11 is 0. The van der Waals surface area contributed by atoms with Crippen LogP contribution >= 0.6 is 0 Å². The van der Waals surface area contributed by atoms with Crippen molar-refractivity contribution in [2.45, 2.75) is 76.6 Å². The number of allylic oxidation sites excluding steroid dienone is 2. The molecule has 0 amide bonds. The van der Waals surface area contributed by atoms with Gasteiger partial charge in [-0.3, -0.25) is 4.79 Å². The molecule has 28 heavy (non-hydrogen) atoms. The highest BCUT2D eigenvalue weighted by Gasteiger charge is 2.47. The fourth-order valence-corrected chi connectivity index (χ4v) is 4.69. The van der Waals surface area contributed by atoms with E-state index in [1.165, 1.54) is 31.2 Å². The monoisotopic (exact) mass is 386 g/mol. The Morgan fingerprint density at radius 3 is 2.64 bits per heavy atom. The van der Waals surface area contributed by atoms with Gasteiger partial charge in [-0.15, -0.1) is 0 Å². The van der Waals surface area contributed by atoms with Crippen LogP contribution in [0.1, 0.15) is 63.4 Å². The number of rotatable bonds is 13. The summed E-state index contributed by atoms with van der Waals surface area (Å²) < 4.78 is 12.0. The summed E-state index contributed by atoms with van der Waals surface area (Å²) in [4.78, 5) is 10.6. The molecule has 2 saturated heterocycles. The molecule has 0 saturated carbocycles. The van der Waals surface area contributed by atoms with Crippen molar-refractivity contribution in [2.75, 3.05) is 6.61 Å². The van der Waals surface area contributed by atoms with Crippen molar-refractivity contribution >= 4 is 5.97 Å². The van der Waals surface area contributed by atoms with E-state index < -0.39 is 5.97 Å². The lowest BCUT2D eigenvalue weighted by molar-refractivity contribution is -0.137. The van der Waals surface area contributed by atoms with E-state index in [2.05, 4.69) is 36.4 Å². The SMILES string of the molecule is O=C(O)CCCC=CC[C@@H]1[C@H](CCCCOCc2ccccc2)[C@@H]2CC[C@H]1O2. The zero-order chi connectivity index (χ0) is 19.6. The highest BCUT2D eigenvalue weighted by molar-refractivity contribution is 5.66. The largest absolute Gasteiger partial charge is 0.481 e. The minimum absolute atomic E-state index is 0.260. The highest BCUT2D eigenvalue weighted by Crippen LogP contribution is 2.47. The minimum Gasteiger partial charge on any atom is -0.481 e. The molecule has 2 fully saturated rings. The molecule has 4 atom stereocenters. The van der Waals surface area contributed by atoms with Crippen molar-refractivity contribution in [1.29, 1.82) is 0 Å². The average Bonchev–Trinajstić information content (AvgIpc) is 3.30. The number of carboxylic acids is 1. The number of unbranched alkanes of at least 4 members (excludes halogenated alkanes) is 2. The smallest absolute Gasteiger partial charge is 0.303 e. The summed E-state index contributed by atoms with van der Waals surface area (Å²) in [5.74, 6) is 0.610. The van der Waals surface area contributed by atoms with Gasteiger partial charge in [0.25, 0.3) is 0 Å². The first-order valence-electron chi connectivity index (χ1n) is 10.9. The normalized spacial score (nSPS) is 26.3. The molecule has 0 spiro atoms. The summed E-state index contributed by atoms with van der Waals surface area (Å²) in [6, 6.07) is 10.3. The summed E-state index contributed by atoms with van der Waals surface area (Å²) in [6.07, 6.45) is 14.2. The van der Waals surface area contributed by atoms with Gasteiger partial charge in [0, 0.05) is 13.0 Å². The van der Waals surface area contributed by atoms with Crippen molar-refractivity contribution < 1.29 is 19.4 Å². The van der Waals surface area contributed by atoms with E-state index in [1.807, 2.05) is 6.07 Å². The van der Waals surface area contributed by atoms with Gasteiger partial charge in [0.2, 0.25) is 0 Å². The summed E-state index contributed by atoms with van der Waals surface area (Å²) in [5.41, 5.74) is 1.24. The maximum absolute atomic E-state index is 10.6. The first-order valence-corrected chi connectivity index (χ1v) is 10.9. The Hall–Kier alpha value is -1.65. The van der Waals surface area contributed by atoms with Crippen LogP contribution in [-0.4, -0.2) is 29.9 Å². The van der Waals surface area contributed by atoms with Crippen LogP contribution in [0.3, 0.4) is 0 Å². The number of hydrogen-bond donors (Lipinski definition) is 1. The second kappa shape index (κ2) is 11.4. The average molecular weight is 387 g/mol. The Morgan fingerprint density at radius 1 is 1.07 bits per heavy atom. The van der Waals surface area contributed by atoms with Gasteiger partial charge >= 0.3 is 5.97 Å². The molecule has 154 valence electrons. The third kappa shape index (κ3) is 6.46. The first-order chi connectivity index (χ1) is 13.7. The summed E-state index contributed by atoms with van der Waals surface area (Å²) in [6.45, 7) is 1.53. The molecule has 0 aliphatic carbocycles. The van der Waals surface area contributed by atoms with Crippen LogP contribution in [-0.2, 0) is 20.9 Å². The lowest BCUT2D eigenvalue weighted by atomic mass is 9.75. The molecule has 0 radical (unpaired) electrons. The van der Waals surface area contributed by atoms with Crippen LogP contribution in [0, 0.1) is 11.8 Å². The Morgan fingerprint density at radius 2 is 1.86 bits per heavy atom. The quantitative estimate of drug-likeness (QED) is 0.366. The van der Waals surface area contributed by atoms with Crippen LogP contribution in [0.4, 0.5) is 0 Å². The Kier molecular flexibility index (Phi) is 8.56. The van der Waals surface area contributed by atoms with Crippen LogP contribution in [0.25, 0.3) is 0 Å². The van der Waals surface area contributed by atoms with Crippen LogP contribution < -0.4 is 0 Å². The minimum atomic E-state index is -0.706. The van der Waals surface area contributed by atoms with E-state index in [-0.39, 0.29) is 6.42 Å². The number of fused-ring (bicyclic) bond motifs is 2. The Balaban J connectivity index is 1.31. The number of ether oxygens (including phenoxy) is 2. The lowest BCUT2D eigenvalue weighted by Gasteiger charge is -2.27. The first kappa shape index (κ1) is 21.1. The number of carboxylic acid groups (broad SMARTS) is 1. The molecule has 0 aromatic heterocycles. The maximum atomic E-state index is 10.6. The van der Waals surface area contributed by atoms with Gasteiger partial charge in [-0.2, -0.15) is 0 Å². The molecule has 2 bridgehead atoms. The van der Waals surface area contributed by atoms with Crippen molar-refractivity contribution in [1.82, 2.24) is 0 Å². The fourth-order valence-electron chi connectivity index (χ4n) is 4.69. The van der Waals surface area contributed by atoms with E-state index in [4.69, 9.17) is 14.6 Å². The number of benzene rings is 1.